The summed E-state index contributed by atoms with van der Waals surface area (Å²) >= 11 is 0. The number of hydrogen-bond acceptors (Lipinski definition) is 4. The normalized spacial score (nSPS) is 17.0. The lowest BCUT2D eigenvalue weighted by Gasteiger charge is -2.31. The van der Waals surface area contributed by atoms with Crippen LogP contribution in [0.2, 0.25) is 0 Å². The van der Waals surface area contributed by atoms with Crippen molar-refractivity contribution in [3.63, 3.8) is 0 Å². The number of aromatic nitrogens is 1. The predicted molar refractivity (Wildman–Crippen MR) is 130 cm³/mol. The number of fused-ring (bicyclic) bond motifs is 3. The van der Waals surface area contributed by atoms with Crippen LogP contribution in [0.3, 0.4) is 0 Å². The fourth-order valence-corrected chi connectivity index (χ4v) is 5.98. The number of nitrogens with zero attached hydrogens (tertiary/aromatic N) is 3. The Morgan fingerprint density at radius 1 is 1.06 bits per heavy atom. The van der Waals surface area contributed by atoms with Crippen LogP contribution in [0.4, 0.5) is 0 Å². The molecule has 0 saturated heterocycles. The third kappa shape index (κ3) is 3.79. The molecule has 0 amide bonds. The van der Waals surface area contributed by atoms with E-state index in [0.29, 0.717) is 35.7 Å². The largest absolute Gasteiger partial charge is 0.369 e. The first-order valence-electron chi connectivity index (χ1n) is 10.6. The first kappa shape index (κ1) is 22.1. The smallest absolute Gasteiger partial charge is 0.268 e. The molecular formula is C24H29N5O2S. The van der Waals surface area contributed by atoms with Gasteiger partial charge in [-0.15, -0.1) is 5.10 Å². The fourth-order valence-electron chi connectivity index (χ4n) is 4.41. The molecule has 168 valence electrons. The standard InChI is InChI=1S/C24H29N5O2S/c1-15(2)16-10-11-20-18(12-16)22-19(27-28-23(25)26)13-24(3,4)14-21(22)29(20)32(30,31)17-8-6-5-7-9-17/h5-12,15H,13-14H2,1-4H3,(H4,25,26,28)/b27-19-. The summed E-state index contributed by atoms with van der Waals surface area (Å²) in [5, 5.41) is 9.12. The zero-order valence-electron chi connectivity index (χ0n) is 18.8. The van der Waals surface area contributed by atoms with Gasteiger partial charge in [-0.25, -0.2) is 12.4 Å². The molecule has 1 heterocycles. The van der Waals surface area contributed by atoms with Gasteiger partial charge >= 0.3 is 0 Å². The lowest BCUT2D eigenvalue weighted by molar-refractivity contribution is 0.367. The molecule has 1 aliphatic carbocycles. The second-order valence-electron chi connectivity index (χ2n) is 9.42. The number of benzene rings is 2. The van der Waals surface area contributed by atoms with Crippen molar-refractivity contribution >= 4 is 32.6 Å². The Morgan fingerprint density at radius 3 is 2.38 bits per heavy atom. The highest BCUT2D eigenvalue weighted by atomic mass is 32.2. The van der Waals surface area contributed by atoms with Gasteiger partial charge in [-0.05, 0) is 54.0 Å². The number of nitrogens with two attached hydrogens (primary N) is 2. The van der Waals surface area contributed by atoms with Crippen LogP contribution in [0.15, 0.2) is 63.6 Å². The Bertz CT molecular complexity index is 1350. The van der Waals surface area contributed by atoms with Crippen LogP contribution in [0.5, 0.6) is 0 Å². The molecular weight excluding hydrogens is 422 g/mol. The Kier molecular flexibility index (Phi) is 5.36. The van der Waals surface area contributed by atoms with Gasteiger partial charge in [0.05, 0.1) is 16.1 Å². The van der Waals surface area contributed by atoms with E-state index < -0.39 is 10.0 Å². The van der Waals surface area contributed by atoms with Gasteiger partial charge in [0.25, 0.3) is 10.0 Å². The zero-order chi connectivity index (χ0) is 23.3. The molecule has 0 unspecified atom stereocenters. The van der Waals surface area contributed by atoms with Crippen molar-refractivity contribution < 1.29 is 8.42 Å². The van der Waals surface area contributed by atoms with Gasteiger partial charge in [-0.2, -0.15) is 5.10 Å². The minimum absolute atomic E-state index is 0.133. The quantitative estimate of drug-likeness (QED) is 0.355. The first-order valence-corrected chi connectivity index (χ1v) is 12.1. The number of hydrogen-bond donors (Lipinski definition) is 2. The fraction of sp³-hybridized carbons (Fsp3) is 0.333. The summed E-state index contributed by atoms with van der Waals surface area (Å²) in [5.41, 5.74) is 14.8. The van der Waals surface area contributed by atoms with Crippen LogP contribution < -0.4 is 11.5 Å². The summed E-state index contributed by atoms with van der Waals surface area (Å²) in [5.74, 6) is 0.160. The molecule has 1 aliphatic rings. The van der Waals surface area contributed by atoms with Crippen molar-refractivity contribution in [3.8, 4) is 0 Å². The minimum atomic E-state index is -3.83. The first-order chi connectivity index (χ1) is 15.0. The molecule has 8 heteroatoms. The van der Waals surface area contributed by atoms with Gasteiger partial charge in [0.1, 0.15) is 0 Å². The van der Waals surface area contributed by atoms with E-state index in [2.05, 4.69) is 44.0 Å². The van der Waals surface area contributed by atoms with Gasteiger partial charge < -0.3 is 11.5 Å². The average molecular weight is 452 g/mol. The monoisotopic (exact) mass is 451 g/mol. The van der Waals surface area contributed by atoms with Crippen LogP contribution in [-0.4, -0.2) is 24.1 Å². The lowest BCUT2D eigenvalue weighted by Crippen LogP contribution is -2.30. The summed E-state index contributed by atoms with van der Waals surface area (Å²) < 4.78 is 29.2. The summed E-state index contributed by atoms with van der Waals surface area (Å²) in [6.45, 7) is 8.42. The van der Waals surface area contributed by atoms with Crippen molar-refractivity contribution in [1.82, 2.24) is 3.97 Å². The molecule has 3 aromatic rings. The maximum absolute atomic E-state index is 13.8. The zero-order valence-corrected chi connectivity index (χ0v) is 19.6. The van der Waals surface area contributed by atoms with E-state index in [1.54, 1.807) is 30.3 Å². The predicted octanol–water partition coefficient (Wildman–Crippen LogP) is 3.95. The van der Waals surface area contributed by atoms with E-state index in [-0.39, 0.29) is 16.3 Å². The van der Waals surface area contributed by atoms with Crippen molar-refractivity contribution in [2.75, 3.05) is 0 Å². The van der Waals surface area contributed by atoms with Gasteiger partial charge in [0, 0.05) is 16.6 Å². The van der Waals surface area contributed by atoms with Gasteiger partial charge in [-0.3, -0.25) is 0 Å². The Balaban J connectivity index is 2.13. The molecule has 7 nitrogen and oxygen atoms in total. The molecule has 0 bridgehead atoms. The number of guanidine groups is 1. The second-order valence-corrected chi connectivity index (χ2v) is 11.2. The molecule has 4 N–H and O–H groups in total. The van der Waals surface area contributed by atoms with E-state index in [0.717, 1.165) is 16.5 Å². The topological polar surface area (TPSA) is 116 Å². The second kappa shape index (κ2) is 7.78. The van der Waals surface area contributed by atoms with Gasteiger partial charge in [0.2, 0.25) is 5.96 Å². The van der Waals surface area contributed by atoms with Crippen LogP contribution >= 0.6 is 0 Å². The van der Waals surface area contributed by atoms with Crippen molar-refractivity contribution in [1.29, 1.82) is 0 Å². The minimum Gasteiger partial charge on any atom is -0.369 e. The van der Waals surface area contributed by atoms with Crippen LogP contribution in [-0.2, 0) is 16.4 Å². The highest BCUT2D eigenvalue weighted by molar-refractivity contribution is 7.90. The third-order valence-corrected chi connectivity index (χ3v) is 7.62. The number of rotatable bonds is 4. The molecule has 0 radical (unpaired) electrons. The highest BCUT2D eigenvalue weighted by Crippen LogP contribution is 2.42. The highest BCUT2D eigenvalue weighted by Gasteiger charge is 2.37. The third-order valence-electron chi connectivity index (χ3n) is 5.86. The van der Waals surface area contributed by atoms with Gasteiger partial charge in [0.15, 0.2) is 0 Å². The molecule has 0 saturated carbocycles. The SMILES string of the molecule is CC(C)c1ccc2c(c1)c1c(n2S(=O)(=O)c2ccccc2)CC(C)(C)C/C1=N/N=C(N)N. The summed E-state index contributed by atoms with van der Waals surface area (Å²) in [6, 6.07) is 14.5. The maximum Gasteiger partial charge on any atom is 0.268 e. The molecule has 0 atom stereocenters. The average Bonchev–Trinajstić information content (AvgIpc) is 3.05. The Labute approximate surface area is 188 Å². The van der Waals surface area contributed by atoms with E-state index in [1.165, 1.54) is 3.97 Å². The van der Waals surface area contributed by atoms with Crippen molar-refractivity contribution in [2.45, 2.75) is 51.3 Å². The van der Waals surface area contributed by atoms with Crippen LogP contribution in [0.25, 0.3) is 10.9 Å². The summed E-state index contributed by atoms with van der Waals surface area (Å²) in [4.78, 5) is 0.249. The Morgan fingerprint density at radius 2 is 1.75 bits per heavy atom. The van der Waals surface area contributed by atoms with E-state index in [1.807, 2.05) is 12.1 Å². The molecule has 2 aromatic carbocycles. The molecule has 4 rings (SSSR count). The molecule has 0 fully saturated rings. The molecule has 32 heavy (non-hydrogen) atoms. The van der Waals surface area contributed by atoms with Crippen LogP contribution in [0.1, 0.15) is 56.9 Å². The molecule has 1 aromatic heterocycles. The molecule has 0 spiro atoms. The summed E-state index contributed by atoms with van der Waals surface area (Å²) in [6.07, 6.45) is 1.22. The van der Waals surface area contributed by atoms with Crippen LogP contribution in [0, 0.1) is 5.41 Å². The summed E-state index contributed by atoms with van der Waals surface area (Å²) in [7, 11) is -3.83. The van der Waals surface area contributed by atoms with Crippen molar-refractivity contribution in [3.05, 3.63) is 65.4 Å². The maximum atomic E-state index is 13.8. The molecule has 0 aliphatic heterocycles. The van der Waals surface area contributed by atoms with Gasteiger partial charge in [-0.1, -0.05) is 52.0 Å². The van der Waals surface area contributed by atoms with Crippen molar-refractivity contribution in [2.24, 2.45) is 27.1 Å². The lowest BCUT2D eigenvalue weighted by atomic mass is 9.75. The van der Waals surface area contributed by atoms with E-state index in [4.69, 9.17) is 11.5 Å². The van der Waals surface area contributed by atoms with E-state index in [9.17, 15) is 8.42 Å². The van der Waals surface area contributed by atoms with E-state index >= 15 is 0 Å². The Hall–Kier alpha value is -3.13.